The highest BCUT2D eigenvalue weighted by atomic mass is 32.2. The van der Waals surface area contributed by atoms with Crippen LogP contribution in [0.4, 0.5) is 5.69 Å². The van der Waals surface area contributed by atoms with Gasteiger partial charge in [-0.2, -0.15) is 0 Å². The van der Waals surface area contributed by atoms with Crippen LogP contribution in [0.3, 0.4) is 0 Å². The molecule has 2 rings (SSSR count). The Morgan fingerprint density at radius 1 is 1.20 bits per heavy atom. The van der Waals surface area contributed by atoms with Crippen LogP contribution in [0.2, 0.25) is 0 Å². The summed E-state index contributed by atoms with van der Waals surface area (Å²) in [6.07, 6.45) is 0.622. The molecular weight excluding hydrogens is 350 g/mol. The van der Waals surface area contributed by atoms with Crippen LogP contribution in [0.15, 0.2) is 24.3 Å². The molecule has 1 aromatic rings. The van der Waals surface area contributed by atoms with Crippen molar-refractivity contribution in [2.24, 2.45) is 0 Å². The lowest BCUT2D eigenvalue weighted by molar-refractivity contribution is -0.384. The molecule has 25 heavy (non-hydrogen) atoms. The minimum Gasteiger partial charge on any atom is -0.468 e. The van der Waals surface area contributed by atoms with Crippen LogP contribution < -0.4 is 0 Å². The van der Waals surface area contributed by atoms with E-state index in [1.807, 2.05) is 4.90 Å². The van der Waals surface area contributed by atoms with Crippen molar-refractivity contribution in [3.8, 4) is 0 Å². The smallest absolute Gasteiger partial charge is 0.319 e. The maximum absolute atomic E-state index is 12.6. The third kappa shape index (κ3) is 5.48. The van der Waals surface area contributed by atoms with Crippen LogP contribution in [-0.2, 0) is 25.3 Å². The van der Waals surface area contributed by atoms with Gasteiger partial charge >= 0.3 is 5.97 Å². The quantitative estimate of drug-likeness (QED) is 0.409. The lowest BCUT2D eigenvalue weighted by Crippen LogP contribution is -2.37. The molecule has 1 aliphatic rings. The number of non-ortho nitro benzene ring substituents is 1. The number of carbonyl (C=O) groups is 1. The number of methoxy groups -OCH3 is 1. The molecule has 0 aromatic heterocycles. The fraction of sp³-hybridized carbons (Fsp3) is 0.533. The molecule has 1 aliphatic heterocycles. The summed E-state index contributed by atoms with van der Waals surface area (Å²) in [5.74, 6) is -0.552. The molecule has 1 heterocycles. The van der Waals surface area contributed by atoms with Crippen molar-refractivity contribution in [1.82, 2.24) is 9.21 Å². The Morgan fingerprint density at radius 3 is 2.48 bits per heavy atom. The summed E-state index contributed by atoms with van der Waals surface area (Å²) in [6, 6.07) is 5.50. The van der Waals surface area contributed by atoms with Gasteiger partial charge in [-0.15, -0.1) is 0 Å². The van der Waals surface area contributed by atoms with Crippen LogP contribution in [0.1, 0.15) is 12.0 Å². The third-order valence-corrected chi connectivity index (χ3v) is 5.87. The molecule has 1 saturated heterocycles. The third-order valence-electron chi connectivity index (χ3n) is 4.02. The van der Waals surface area contributed by atoms with Crippen LogP contribution in [0, 0.1) is 10.1 Å². The second-order valence-electron chi connectivity index (χ2n) is 5.78. The highest BCUT2D eigenvalue weighted by molar-refractivity contribution is 7.88. The van der Waals surface area contributed by atoms with Gasteiger partial charge in [-0.25, -0.2) is 12.7 Å². The first-order valence-electron chi connectivity index (χ1n) is 7.82. The topological polar surface area (TPSA) is 110 Å². The number of benzene rings is 1. The van der Waals surface area contributed by atoms with Gasteiger partial charge in [-0.3, -0.25) is 19.8 Å². The van der Waals surface area contributed by atoms with Crippen LogP contribution in [0.25, 0.3) is 0 Å². The second-order valence-corrected chi connectivity index (χ2v) is 7.75. The molecule has 0 aliphatic carbocycles. The monoisotopic (exact) mass is 371 g/mol. The Labute approximate surface area is 146 Å². The highest BCUT2D eigenvalue weighted by Gasteiger charge is 2.26. The van der Waals surface area contributed by atoms with Gasteiger partial charge in [0.2, 0.25) is 10.0 Å². The maximum Gasteiger partial charge on any atom is 0.319 e. The van der Waals surface area contributed by atoms with Gasteiger partial charge in [-0.1, -0.05) is 12.1 Å². The Bertz CT molecular complexity index is 719. The van der Waals surface area contributed by atoms with Crippen LogP contribution in [-0.4, -0.2) is 68.3 Å². The summed E-state index contributed by atoms with van der Waals surface area (Å²) in [5, 5.41) is 10.7. The number of esters is 1. The lowest BCUT2D eigenvalue weighted by Gasteiger charge is -2.21. The lowest BCUT2D eigenvalue weighted by atomic mass is 10.2. The first-order chi connectivity index (χ1) is 11.8. The van der Waals surface area contributed by atoms with Gasteiger partial charge in [0.15, 0.2) is 0 Å². The largest absolute Gasteiger partial charge is 0.468 e. The van der Waals surface area contributed by atoms with Gasteiger partial charge in [-0.05, 0) is 12.0 Å². The van der Waals surface area contributed by atoms with Crippen molar-refractivity contribution < 1.29 is 22.9 Å². The molecule has 0 radical (unpaired) electrons. The zero-order chi connectivity index (χ0) is 18.4. The van der Waals surface area contributed by atoms with E-state index < -0.39 is 14.9 Å². The molecule has 0 N–H and O–H groups in total. The van der Waals surface area contributed by atoms with Crippen LogP contribution >= 0.6 is 0 Å². The van der Waals surface area contributed by atoms with E-state index in [1.54, 1.807) is 0 Å². The van der Waals surface area contributed by atoms with E-state index in [0.717, 1.165) is 0 Å². The van der Waals surface area contributed by atoms with Crippen molar-refractivity contribution in [2.45, 2.75) is 12.2 Å². The highest BCUT2D eigenvalue weighted by Crippen LogP contribution is 2.17. The summed E-state index contributed by atoms with van der Waals surface area (Å²) in [4.78, 5) is 23.3. The van der Waals surface area contributed by atoms with Crippen molar-refractivity contribution in [3.63, 3.8) is 0 Å². The summed E-state index contributed by atoms with van der Waals surface area (Å²) >= 11 is 0. The Hall–Kier alpha value is -2.04. The number of rotatable bonds is 6. The molecule has 0 saturated carbocycles. The SMILES string of the molecule is COC(=O)CN1CCCN(S(=O)(=O)Cc2ccc([N+](=O)[O-])cc2)CC1. The number of hydrogen-bond acceptors (Lipinski definition) is 7. The molecule has 0 spiro atoms. The van der Waals surface area contributed by atoms with E-state index in [4.69, 9.17) is 0 Å². The zero-order valence-corrected chi connectivity index (χ0v) is 14.8. The Balaban J connectivity index is 1.99. The fourth-order valence-corrected chi connectivity index (χ4v) is 4.21. The first kappa shape index (κ1) is 19.3. The van der Waals surface area contributed by atoms with Gasteiger partial charge in [0, 0.05) is 38.3 Å². The molecule has 0 unspecified atom stereocenters. The number of sulfonamides is 1. The molecule has 0 bridgehead atoms. The number of nitro groups is 1. The van der Waals surface area contributed by atoms with E-state index in [-0.39, 0.29) is 24.0 Å². The molecule has 1 aromatic carbocycles. The molecule has 0 amide bonds. The summed E-state index contributed by atoms with van der Waals surface area (Å²) < 4.78 is 31.2. The second kappa shape index (κ2) is 8.37. The average Bonchev–Trinajstić information content (AvgIpc) is 2.81. The van der Waals surface area contributed by atoms with E-state index in [0.29, 0.717) is 38.2 Å². The van der Waals surface area contributed by atoms with Crippen molar-refractivity contribution in [2.75, 3.05) is 39.8 Å². The van der Waals surface area contributed by atoms with Crippen molar-refractivity contribution in [1.29, 1.82) is 0 Å². The summed E-state index contributed by atoms with van der Waals surface area (Å²) in [5.41, 5.74) is 0.427. The van der Waals surface area contributed by atoms with Gasteiger partial charge in [0.25, 0.3) is 5.69 Å². The van der Waals surface area contributed by atoms with Gasteiger partial charge in [0.05, 0.1) is 24.3 Å². The number of ether oxygens (including phenoxy) is 1. The zero-order valence-electron chi connectivity index (χ0n) is 14.0. The van der Waals surface area contributed by atoms with Crippen molar-refractivity contribution in [3.05, 3.63) is 39.9 Å². The summed E-state index contributed by atoms with van der Waals surface area (Å²) in [6.45, 7) is 1.90. The average molecular weight is 371 g/mol. The number of nitro benzene ring substituents is 1. The van der Waals surface area contributed by atoms with Crippen LogP contribution in [0.5, 0.6) is 0 Å². The van der Waals surface area contributed by atoms with E-state index >= 15 is 0 Å². The molecule has 10 heteroatoms. The van der Waals surface area contributed by atoms with Gasteiger partial charge < -0.3 is 4.74 Å². The minimum absolute atomic E-state index is 0.0747. The number of nitrogens with zero attached hydrogens (tertiary/aromatic N) is 3. The Morgan fingerprint density at radius 2 is 1.88 bits per heavy atom. The number of hydrogen-bond donors (Lipinski definition) is 0. The molecular formula is C15H21N3O6S. The molecule has 138 valence electrons. The predicted molar refractivity (Wildman–Crippen MR) is 90.4 cm³/mol. The Kier molecular flexibility index (Phi) is 6.45. The summed E-state index contributed by atoms with van der Waals surface area (Å²) in [7, 11) is -2.21. The maximum atomic E-state index is 12.6. The van der Waals surface area contributed by atoms with E-state index in [1.165, 1.54) is 35.7 Å². The standard InChI is InChI=1S/C15H21N3O6S/c1-24-15(19)11-16-7-2-8-17(10-9-16)25(22,23)12-13-3-5-14(6-4-13)18(20)21/h3-6H,2,7-12H2,1H3. The van der Waals surface area contributed by atoms with Crippen molar-refractivity contribution >= 4 is 21.7 Å². The minimum atomic E-state index is -3.53. The molecule has 0 atom stereocenters. The predicted octanol–water partition coefficient (Wildman–Crippen LogP) is 0.605. The van der Waals surface area contributed by atoms with Gasteiger partial charge in [0.1, 0.15) is 0 Å². The van der Waals surface area contributed by atoms with E-state index in [2.05, 4.69) is 4.74 Å². The normalized spacial score (nSPS) is 17.0. The molecule has 9 nitrogen and oxygen atoms in total. The first-order valence-corrected chi connectivity index (χ1v) is 9.43. The number of carbonyl (C=O) groups excluding carboxylic acids is 1. The molecule has 1 fully saturated rings. The van der Waals surface area contributed by atoms with E-state index in [9.17, 15) is 23.3 Å². The fourth-order valence-electron chi connectivity index (χ4n) is 2.65.